The van der Waals surface area contributed by atoms with Gasteiger partial charge in [0.25, 0.3) is 5.91 Å². The molecule has 4 nitrogen and oxygen atoms in total. The van der Waals surface area contributed by atoms with Gasteiger partial charge in [0.05, 0.1) is 0 Å². The highest BCUT2D eigenvalue weighted by atomic mass is 35.5. The first-order valence-electron chi connectivity index (χ1n) is 6.77. The molecule has 0 saturated heterocycles. The van der Waals surface area contributed by atoms with Crippen molar-refractivity contribution in [1.29, 1.82) is 0 Å². The van der Waals surface area contributed by atoms with Crippen LogP contribution in [0.5, 0.6) is 0 Å². The molecule has 1 aliphatic carbocycles. The second-order valence-corrected chi connectivity index (χ2v) is 5.77. The molecule has 1 amide bonds. The number of carboxylic acids is 1. The van der Waals surface area contributed by atoms with Crippen LogP contribution in [-0.2, 0) is 4.79 Å². The van der Waals surface area contributed by atoms with E-state index in [1.807, 2.05) is 6.92 Å². The SMILES string of the molecule is Cc1ccc(C(=O)NC2(C(=O)O)CCCCC2)cc1Cl. The average Bonchev–Trinajstić information content (AvgIpc) is 2.42. The van der Waals surface area contributed by atoms with Crippen LogP contribution in [0.1, 0.15) is 48.0 Å². The van der Waals surface area contributed by atoms with Crippen LogP contribution in [0.15, 0.2) is 18.2 Å². The van der Waals surface area contributed by atoms with Crippen molar-refractivity contribution < 1.29 is 14.7 Å². The molecular formula is C15H18ClNO3. The van der Waals surface area contributed by atoms with Crippen molar-refractivity contribution in [3.05, 3.63) is 34.3 Å². The molecule has 20 heavy (non-hydrogen) atoms. The molecule has 0 unspecified atom stereocenters. The molecule has 1 aromatic rings. The van der Waals surface area contributed by atoms with Crippen LogP contribution < -0.4 is 5.32 Å². The van der Waals surface area contributed by atoms with E-state index in [1.54, 1.807) is 18.2 Å². The van der Waals surface area contributed by atoms with E-state index in [-0.39, 0.29) is 5.91 Å². The van der Waals surface area contributed by atoms with Gasteiger partial charge in [-0.1, -0.05) is 36.9 Å². The normalized spacial score (nSPS) is 17.5. The highest BCUT2D eigenvalue weighted by Crippen LogP contribution is 2.29. The van der Waals surface area contributed by atoms with Gasteiger partial charge < -0.3 is 10.4 Å². The molecule has 1 fully saturated rings. The quantitative estimate of drug-likeness (QED) is 0.900. The van der Waals surface area contributed by atoms with Gasteiger partial charge >= 0.3 is 5.97 Å². The Morgan fingerprint density at radius 1 is 1.25 bits per heavy atom. The van der Waals surface area contributed by atoms with Crippen LogP contribution >= 0.6 is 11.6 Å². The zero-order chi connectivity index (χ0) is 14.8. The molecule has 0 atom stereocenters. The molecule has 108 valence electrons. The van der Waals surface area contributed by atoms with Gasteiger partial charge in [-0.3, -0.25) is 4.79 Å². The summed E-state index contributed by atoms with van der Waals surface area (Å²) in [5, 5.41) is 12.6. The number of aliphatic carboxylic acids is 1. The van der Waals surface area contributed by atoms with Crippen LogP contribution in [0.25, 0.3) is 0 Å². The minimum absolute atomic E-state index is 0.379. The number of rotatable bonds is 3. The molecule has 2 rings (SSSR count). The van der Waals surface area contributed by atoms with Crippen molar-refractivity contribution in [2.24, 2.45) is 0 Å². The Bertz CT molecular complexity index is 536. The minimum Gasteiger partial charge on any atom is -0.480 e. The summed E-state index contributed by atoms with van der Waals surface area (Å²) in [6.45, 7) is 1.85. The summed E-state index contributed by atoms with van der Waals surface area (Å²) in [6.07, 6.45) is 3.62. The molecule has 0 aromatic heterocycles. The predicted octanol–water partition coefficient (Wildman–Crippen LogP) is 3.17. The molecule has 0 radical (unpaired) electrons. The number of hydrogen-bond donors (Lipinski definition) is 2. The Morgan fingerprint density at radius 2 is 1.90 bits per heavy atom. The number of benzene rings is 1. The smallest absolute Gasteiger partial charge is 0.329 e. The van der Waals surface area contributed by atoms with Crippen LogP contribution in [-0.4, -0.2) is 22.5 Å². The van der Waals surface area contributed by atoms with Gasteiger partial charge in [-0.25, -0.2) is 4.79 Å². The number of carbonyl (C=O) groups is 2. The van der Waals surface area contributed by atoms with Gasteiger partial charge in [-0.05, 0) is 37.5 Å². The Labute approximate surface area is 123 Å². The molecule has 0 aliphatic heterocycles. The standard InChI is InChI=1S/C15H18ClNO3/c1-10-5-6-11(9-12(10)16)13(18)17-15(14(19)20)7-3-2-4-8-15/h5-6,9H,2-4,7-8H2,1H3,(H,17,18)(H,19,20). The molecular weight excluding hydrogens is 278 g/mol. The van der Waals surface area contributed by atoms with E-state index < -0.39 is 11.5 Å². The number of aryl methyl sites for hydroxylation is 1. The first-order chi connectivity index (χ1) is 9.44. The fraction of sp³-hybridized carbons (Fsp3) is 0.467. The summed E-state index contributed by atoms with van der Waals surface area (Å²) in [7, 11) is 0. The summed E-state index contributed by atoms with van der Waals surface area (Å²) >= 11 is 6.00. The van der Waals surface area contributed by atoms with Crippen LogP contribution in [0.4, 0.5) is 0 Å². The lowest BCUT2D eigenvalue weighted by molar-refractivity contribution is -0.145. The fourth-order valence-corrected chi connectivity index (χ4v) is 2.75. The van der Waals surface area contributed by atoms with Crippen LogP contribution in [0.3, 0.4) is 0 Å². The topological polar surface area (TPSA) is 66.4 Å². The molecule has 2 N–H and O–H groups in total. The Balaban J connectivity index is 2.20. The summed E-state index contributed by atoms with van der Waals surface area (Å²) in [6, 6.07) is 4.99. The van der Waals surface area contributed by atoms with E-state index >= 15 is 0 Å². The second-order valence-electron chi connectivity index (χ2n) is 5.37. The zero-order valence-electron chi connectivity index (χ0n) is 11.4. The third kappa shape index (κ3) is 2.96. The summed E-state index contributed by atoms with van der Waals surface area (Å²) in [5.74, 6) is -1.33. The summed E-state index contributed by atoms with van der Waals surface area (Å²) in [5.41, 5.74) is 0.146. The van der Waals surface area contributed by atoms with E-state index in [0.29, 0.717) is 23.4 Å². The third-order valence-corrected chi connectivity index (χ3v) is 4.31. The van der Waals surface area contributed by atoms with Gasteiger partial charge in [0.2, 0.25) is 0 Å². The molecule has 0 bridgehead atoms. The maximum absolute atomic E-state index is 12.3. The third-order valence-electron chi connectivity index (χ3n) is 3.90. The first kappa shape index (κ1) is 14.9. The number of halogens is 1. The number of nitrogens with one attached hydrogen (secondary N) is 1. The maximum Gasteiger partial charge on any atom is 0.329 e. The van der Waals surface area contributed by atoms with Crippen molar-refractivity contribution in [2.45, 2.75) is 44.6 Å². The van der Waals surface area contributed by atoms with E-state index in [2.05, 4.69) is 5.32 Å². The predicted molar refractivity (Wildman–Crippen MR) is 77.1 cm³/mol. The van der Waals surface area contributed by atoms with Crippen LogP contribution in [0, 0.1) is 6.92 Å². The first-order valence-corrected chi connectivity index (χ1v) is 7.14. The number of carbonyl (C=O) groups excluding carboxylic acids is 1. The number of amides is 1. The lowest BCUT2D eigenvalue weighted by atomic mass is 9.81. The Hall–Kier alpha value is -1.55. The van der Waals surface area contributed by atoms with E-state index in [1.165, 1.54) is 0 Å². The molecule has 1 aliphatic rings. The second kappa shape index (κ2) is 5.83. The van der Waals surface area contributed by atoms with Gasteiger partial charge in [0.1, 0.15) is 5.54 Å². The zero-order valence-corrected chi connectivity index (χ0v) is 12.2. The summed E-state index contributed by atoms with van der Waals surface area (Å²) in [4.78, 5) is 23.8. The van der Waals surface area contributed by atoms with E-state index in [9.17, 15) is 14.7 Å². The Kier molecular flexibility index (Phi) is 4.33. The van der Waals surface area contributed by atoms with Crippen molar-refractivity contribution in [2.75, 3.05) is 0 Å². The van der Waals surface area contributed by atoms with Crippen molar-refractivity contribution >= 4 is 23.5 Å². The largest absolute Gasteiger partial charge is 0.480 e. The van der Waals surface area contributed by atoms with Crippen molar-refractivity contribution in [3.63, 3.8) is 0 Å². The van der Waals surface area contributed by atoms with Crippen molar-refractivity contribution in [1.82, 2.24) is 5.32 Å². The van der Waals surface area contributed by atoms with Crippen molar-refractivity contribution in [3.8, 4) is 0 Å². The van der Waals surface area contributed by atoms with E-state index in [4.69, 9.17) is 11.6 Å². The Morgan fingerprint density at radius 3 is 2.45 bits per heavy atom. The van der Waals surface area contributed by atoms with Crippen LogP contribution in [0.2, 0.25) is 5.02 Å². The molecule has 1 saturated carbocycles. The molecule has 0 heterocycles. The number of carboxylic acid groups (broad SMARTS) is 1. The maximum atomic E-state index is 12.3. The lowest BCUT2D eigenvalue weighted by Gasteiger charge is -2.34. The fourth-order valence-electron chi connectivity index (χ4n) is 2.57. The minimum atomic E-state index is -1.13. The monoisotopic (exact) mass is 295 g/mol. The van der Waals surface area contributed by atoms with E-state index in [0.717, 1.165) is 24.8 Å². The molecule has 5 heteroatoms. The number of hydrogen-bond acceptors (Lipinski definition) is 2. The van der Waals surface area contributed by atoms with Gasteiger partial charge in [-0.15, -0.1) is 0 Å². The molecule has 1 aromatic carbocycles. The van der Waals surface area contributed by atoms with Gasteiger partial charge in [0, 0.05) is 10.6 Å². The summed E-state index contributed by atoms with van der Waals surface area (Å²) < 4.78 is 0. The highest BCUT2D eigenvalue weighted by Gasteiger charge is 2.41. The lowest BCUT2D eigenvalue weighted by Crippen LogP contribution is -2.55. The van der Waals surface area contributed by atoms with Gasteiger partial charge in [-0.2, -0.15) is 0 Å². The molecule has 0 spiro atoms. The highest BCUT2D eigenvalue weighted by molar-refractivity contribution is 6.31. The van der Waals surface area contributed by atoms with Gasteiger partial charge in [0.15, 0.2) is 0 Å². The average molecular weight is 296 g/mol.